The quantitative estimate of drug-likeness (QED) is 0.842. The van der Waals surface area contributed by atoms with Crippen LogP contribution in [0.15, 0.2) is 34.9 Å². The lowest BCUT2D eigenvalue weighted by atomic mass is 10.1. The average molecular weight is 360 g/mol. The van der Waals surface area contributed by atoms with Gasteiger partial charge in [-0.25, -0.2) is 4.79 Å². The van der Waals surface area contributed by atoms with E-state index in [9.17, 15) is 4.79 Å². The third kappa shape index (κ3) is 5.47. The molecule has 1 aromatic heterocycles. The van der Waals surface area contributed by atoms with Gasteiger partial charge in [-0.1, -0.05) is 23.4 Å². The molecule has 0 unspecified atom stereocenters. The van der Waals surface area contributed by atoms with Gasteiger partial charge in [0.15, 0.2) is 5.82 Å². The van der Waals surface area contributed by atoms with Crippen LogP contribution in [-0.4, -0.2) is 28.4 Å². The first-order chi connectivity index (χ1) is 12.1. The summed E-state index contributed by atoms with van der Waals surface area (Å²) in [6.45, 7) is 12.4. The average Bonchev–Trinajstić information content (AvgIpc) is 3.00. The van der Waals surface area contributed by atoms with Crippen LogP contribution in [0.5, 0.6) is 0 Å². The highest BCUT2D eigenvalue weighted by Crippen LogP contribution is 2.20. The summed E-state index contributed by atoms with van der Waals surface area (Å²) in [5.74, 6) is 0.896. The smallest absolute Gasteiger partial charge is 0.408 e. The second-order valence-electron chi connectivity index (χ2n) is 7.61. The number of rotatable bonds is 6. The molecule has 0 aliphatic carbocycles. The Morgan fingerprint density at radius 3 is 2.42 bits per heavy atom. The van der Waals surface area contributed by atoms with E-state index in [-0.39, 0.29) is 0 Å². The molecular formula is C19H28N4O3. The standard InChI is InChI=1S/C19H28N4O3/c1-7-23(14-11-9-8-10-12-14)13-15-20-16(22-26-15)19(5,6)21-17(24)25-18(2,3)4/h8-12H,7,13H2,1-6H3,(H,21,24). The van der Waals surface area contributed by atoms with E-state index in [0.717, 1.165) is 12.2 Å². The van der Waals surface area contributed by atoms with Gasteiger partial charge in [0, 0.05) is 12.2 Å². The number of aromatic nitrogens is 2. The number of anilines is 1. The van der Waals surface area contributed by atoms with Crippen LogP contribution in [0.4, 0.5) is 10.5 Å². The zero-order valence-electron chi connectivity index (χ0n) is 16.4. The molecule has 1 N–H and O–H groups in total. The molecule has 0 radical (unpaired) electrons. The van der Waals surface area contributed by atoms with Crippen molar-refractivity contribution in [2.24, 2.45) is 0 Å². The summed E-state index contributed by atoms with van der Waals surface area (Å²) in [6, 6.07) is 10.0. The molecule has 1 amide bonds. The predicted octanol–water partition coefficient (Wildman–Crippen LogP) is 3.86. The molecule has 0 aliphatic rings. The first-order valence-corrected chi connectivity index (χ1v) is 8.75. The van der Waals surface area contributed by atoms with E-state index in [1.807, 2.05) is 51.1 Å². The number of carbonyl (C=O) groups excluding carboxylic acids is 1. The van der Waals surface area contributed by atoms with Crippen molar-refractivity contribution >= 4 is 11.8 Å². The molecule has 7 nitrogen and oxygen atoms in total. The Balaban J connectivity index is 2.07. The molecule has 2 rings (SSSR count). The van der Waals surface area contributed by atoms with Gasteiger partial charge in [-0.2, -0.15) is 4.98 Å². The number of ether oxygens (including phenoxy) is 1. The third-order valence-corrected chi connectivity index (χ3v) is 3.67. The van der Waals surface area contributed by atoms with Crippen LogP contribution in [-0.2, 0) is 16.8 Å². The number of para-hydroxylation sites is 1. The van der Waals surface area contributed by atoms with E-state index < -0.39 is 17.2 Å². The van der Waals surface area contributed by atoms with Crippen molar-refractivity contribution in [3.8, 4) is 0 Å². The molecule has 1 heterocycles. The lowest BCUT2D eigenvalue weighted by Crippen LogP contribution is -2.44. The minimum Gasteiger partial charge on any atom is -0.444 e. The van der Waals surface area contributed by atoms with Crippen molar-refractivity contribution in [1.29, 1.82) is 0 Å². The number of benzene rings is 1. The fraction of sp³-hybridized carbons (Fsp3) is 0.526. The van der Waals surface area contributed by atoms with E-state index in [4.69, 9.17) is 9.26 Å². The Labute approximate surface area is 154 Å². The van der Waals surface area contributed by atoms with Crippen molar-refractivity contribution in [2.75, 3.05) is 11.4 Å². The van der Waals surface area contributed by atoms with Gasteiger partial charge >= 0.3 is 6.09 Å². The number of nitrogens with zero attached hydrogens (tertiary/aromatic N) is 3. The molecule has 0 spiro atoms. The minimum atomic E-state index is -0.812. The number of nitrogens with one attached hydrogen (secondary N) is 1. The number of amides is 1. The van der Waals surface area contributed by atoms with E-state index >= 15 is 0 Å². The zero-order chi connectivity index (χ0) is 19.4. The summed E-state index contributed by atoms with van der Waals surface area (Å²) in [6.07, 6.45) is -0.520. The normalized spacial score (nSPS) is 11.9. The minimum absolute atomic E-state index is 0.405. The maximum Gasteiger partial charge on any atom is 0.408 e. The molecule has 1 aromatic carbocycles. The predicted molar refractivity (Wildman–Crippen MR) is 99.9 cm³/mol. The van der Waals surface area contributed by atoms with Crippen molar-refractivity contribution in [1.82, 2.24) is 15.5 Å². The second-order valence-corrected chi connectivity index (χ2v) is 7.61. The van der Waals surface area contributed by atoms with Crippen LogP contribution in [0.1, 0.15) is 53.3 Å². The maximum atomic E-state index is 12.0. The van der Waals surface area contributed by atoms with Gasteiger partial charge in [-0.3, -0.25) is 0 Å². The molecule has 0 fully saturated rings. The van der Waals surface area contributed by atoms with E-state index in [2.05, 4.69) is 27.3 Å². The molecule has 0 aliphatic heterocycles. The van der Waals surface area contributed by atoms with Gasteiger partial charge in [0.05, 0.1) is 6.54 Å². The fourth-order valence-electron chi connectivity index (χ4n) is 2.38. The molecule has 0 saturated carbocycles. The van der Waals surface area contributed by atoms with Crippen LogP contribution in [0.3, 0.4) is 0 Å². The van der Waals surface area contributed by atoms with Gasteiger partial charge in [0.2, 0.25) is 5.89 Å². The summed E-state index contributed by atoms with van der Waals surface area (Å²) < 4.78 is 10.7. The largest absolute Gasteiger partial charge is 0.444 e. The highest BCUT2D eigenvalue weighted by molar-refractivity contribution is 5.68. The zero-order valence-corrected chi connectivity index (χ0v) is 16.4. The Kier molecular flexibility index (Phi) is 5.90. The number of hydrogen-bond acceptors (Lipinski definition) is 6. The Bertz CT molecular complexity index is 720. The van der Waals surface area contributed by atoms with Crippen molar-refractivity contribution in [3.63, 3.8) is 0 Å². The summed E-state index contributed by atoms with van der Waals surface area (Å²) in [5.41, 5.74) is -0.297. The molecule has 0 saturated heterocycles. The lowest BCUT2D eigenvalue weighted by molar-refractivity contribution is 0.0465. The van der Waals surface area contributed by atoms with Gasteiger partial charge in [-0.05, 0) is 53.7 Å². The topological polar surface area (TPSA) is 80.5 Å². The second kappa shape index (κ2) is 7.76. The molecule has 142 valence electrons. The Morgan fingerprint density at radius 2 is 1.85 bits per heavy atom. The summed E-state index contributed by atoms with van der Waals surface area (Å²) in [4.78, 5) is 18.6. The summed E-state index contributed by atoms with van der Waals surface area (Å²) in [5, 5.41) is 6.82. The van der Waals surface area contributed by atoms with Crippen LogP contribution in [0, 0.1) is 0 Å². The molecule has 7 heteroatoms. The van der Waals surface area contributed by atoms with Gasteiger partial charge in [0.25, 0.3) is 0 Å². The summed E-state index contributed by atoms with van der Waals surface area (Å²) >= 11 is 0. The first-order valence-electron chi connectivity index (χ1n) is 8.75. The highest BCUT2D eigenvalue weighted by atomic mass is 16.6. The van der Waals surface area contributed by atoms with Crippen molar-refractivity contribution in [3.05, 3.63) is 42.0 Å². The SMILES string of the molecule is CCN(Cc1nc(C(C)(C)NC(=O)OC(C)(C)C)no1)c1ccccc1. The Hall–Kier alpha value is -2.57. The lowest BCUT2D eigenvalue weighted by Gasteiger charge is -2.26. The van der Waals surface area contributed by atoms with Crippen molar-refractivity contribution < 1.29 is 14.1 Å². The van der Waals surface area contributed by atoms with E-state index in [1.165, 1.54) is 0 Å². The molecular weight excluding hydrogens is 332 g/mol. The van der Waals surface area contributed by atoms with E-state index in [0.29, 0.717) is 18.3 Å². The van der Waals surface area contributed by atoms with Crippen LogP contribution in [0.25, 0.3) is 0 Å². The first kappa shape index (κ1) is 19.8. The summed E-state index contributed by atoms with van der Waals surface area (Å²) in [7, 11) is 0. The van der Waals surface area contributed by atoms with Crippen molar-refractivity contribution in [2.45, 2.75) is 59.2 Å². The molecule has 0 atom stereocenters. The van der Waals surface area contributed by atoms with E-state index in [1.54, 1.807) is 13.8 Å². The van der Waals surface area contributed by atoms with Gasteiger partial charge in [-0.15, -0.1) is 0 Å². The molecule has 2 aromatic rings. The van der Waals surface area contributed by atoms with Gasteiger partial charge < -0.3 is 19.5 Å². The van der Waals surface area contributed by atoms with Crippen LogP contribution in [0.2, 0.25) is 0 Å². The molecule has 0 bridgehead atoms. The fourth-order valence-corrected chi connectivity index (χ4v) is 2.38. The number of hydrogen-bond donors (Lipinski definition) is 1. The number of alkyl carbamates (subject to hydrolysis) is 1. The monoisotopic (exact) mass is 360 g/mol. The number of carbonyl (C=O) groups is 1. The highest BCUT2D eigenvalue weighted by Gasteiger charge is 2.31. The van der Waals surface area contributed by atoms with Crippen LogP contribution >= 0.6 is 0 Å². The van der Waals surface area contributed by atoms with Gasteiger partial charge in [0.1, 0.15) is 11.1 Å². The Morgan fingerprint density at radius 1 is 1.19 bits per heavy atom. The molecule has 26 heavy (non-hydrogen) atoms. The third-order valence-electron chi connectivity index (χ3n) is 3.67. The van der Waals surface area contributed by atoms with Crippen LogP contribution < -0.4 is 10.2 Å². The maximum absolute atomic E-state index is 12.0.